The fraction of sp³-hybridized carbons (Fsp3) is 0.160. The molecule has 1 unspecified atom stereocenters. The summed E-state index contributed by atoms with van der Waals surface area (Å²) in [6, 6.07) is 39.0. The van der Waals surface area contributed by atoms with Gasteiger partial charge in [0.2, 0.25) is 0 Å². The average molecular weight is 751 g/mol. The first-order chi connectivity index (χ1) is 27.7. The highest BCUT2D eigenvalue weighted by Crippen LogP contribution is 2.40. The monoisotopic (exact) mass is 750 g/mol. The molecule has 57 heavy (non-hydrogen) atoms. The number of ether oxygens (including phenoxy) is 1. The summed E-state index contributed by atoms with van der Waals surface area (Å²) in [7, 11) is 0. The first-order valence-corrected chi connectivity index (χ1v) is 19.3. The Hall–Kier alpha value is -6.86. The largest absolute Gasteiger partial charge is 0.427 e. The van der Waals surface area contributed by atoms with Crippen molar-refractivity contribution in [3.05, 3.63) is 179 Å². The van der Waals surface area contributed by atoms with Crippen molar-refractivity contribution in [2.45, 2.75) is 46.5 Å². The molecule has 0 aromatic heterocycles. The summed E-state index contributed by atoms with van der Waals surface area (Å²) in [5.41, 5.74) is 9.73. The number of hydrogen-bond donors (Lipinski definition) is 0. The second kappa shape index (κ2) is 15.7. The van der Waals surface area contributed by atoms with Gasteiger partial charge in [-0.3, -0.25) is 19.2 Å². The van der Waals surface area contributed by atoms with Crippen LogP contribution in [0.5, 0.6) is 5.75 Å². The fourth-order valence-electron chi connectivity index (χ4n) is 7.98. The quantitative estimate of drug-likeness (QED) is 0.0567. The predicted octanol–water partition coefficient (Wildman–Crippen LogP) is 11.3. The number of esters is 1. The zero-order chi connectivity index (χ0) is 39.6. The molecular formula is C50H42N2O5. The van der Waals surface area contributed by atoms with Crippen LogP contribution in [0.4, 0.5) is 17.1 Å². The molecule has 1 aliphatic heterocycles. The lowest BCUT2D eigenvalue weighted by Gasteiger charge is -2.29. The van der Waals surface area contributed by atoms with Gasteiger partial charge in [0, 0.05) is 45.6 Å². The lowest BCUT2D eigenvalue weighted by atomic mass is 9.89. The Labute approximate surface area is 332 Å². The third-order valence-corrected chi connectivity index (χ3v) is 10.8. The van der Waals surface area contributed by atoms with Gasteiger partial charge in [-0.15, -0.1) is 0 Å². The summed E-state index contributed by atoms with van der Waals surface area (Å²) in [6.45, 7) is 5.85. The first kappa shape index (κ1) is 37.1. The highest BCUT2D eigenvalue weighted by atomic mass is 16.5. The summed E-state index contributed by atoms with van der Waals surface area (Å²) in [6.07, 6.45) is 9.94. The fourth-order valence-corrected chi connectivity index (χ4v) is 7.98. The molecule has 6 aromatic rings. The van der Waals surface area contributed by atoms with Crippen LogP contribution >= 0.6 is 0 Å². The van der Waals surface area contributed by atoms with Gasteiger partial charge in [0.25, 0.3) is 11.8 Å². The maximum Gasteiger partial charge on any atom is 0.311 e. The third-order valence-electron chi connectivity index (χ3n) is 10.8. The van der Waals surface area contributed by atoms with Crippen molar-refractivity contribution in [1.82, 2.24) is 0 Å². The molecule has 1 atom stereocenters. The first-order valence-electron chi connectivity index (χ1n) is 19.3. The molecule has 0 radical (unpaired) electrons. The Balaban J connectivity index is 0.986. The number of aryl methyl sites for hydroxylation is 3. The van der Waals surface area contributed by atoms with Crippen molar-refractivity contribution in [3.63, 3.8) is 0 Å². The molecule has 0 N–H and O–H groups in total. The van der Waals surface area contributed by atoms with Crippen LogP contribution < -0.4 is 14.5 Å². The van der Waals surface area contributed by atoms with Crippen LogP contribution in [0.2, 0.25) is 0 Å². The summed E-state index contributed by atoms with van der Waals surface area (Å²) < 4.78 is 5.53. The molecule has 1 aliphatic carbocycles. The maximum atomic E-state index is 14.1. The van der Waals surface area contributed by atoms with E-state index in [9.17, 15) is 19.2 Å². The number of hydrogen-bond acceptors (Lipinski definition) is 6. The second-order valence-corrected chi connectivity index (χ2v) is 14.8. The Morgan fingerprint density at radius 3 is 2.14 bits per heavy atom. The number of rotatable bonds is 11. The molecule has 2 amide bonds. The summed E-state index contributed by atoms with van der Waals surface area (Å²) in [5.74, 6) is -0.214. The number of benzene rings is 6. The zero-order valence-corrected chi connectivity index (χ0v) is 32.2. The minimum absolute atomic E-state index is 0.215. The van der Waals surface area contributed by atoms with Crippen LogP contribution in [-0.2, 0) is 11.2 Å². The van der Waals surface area contributed by atoms with Crippen LogP contribution in [0.3, 0.4) is 0 Å². The van der Waals surface area contributed by atoms with E-state index in [-0.39, 0.29) is 24.2 Å². The van der Waals surface area contributed by atoms with E-state index < -0.39 is 0 Å². The van der Waals surface area contributed by atoms with E-state index in [1.54, 1.807) is 30.3 Å². The highest BCUT2D eigenvalue weighted by molar-refractivity contribution is 6.36. The Bertz CT molecular complexity index is 2560. The zero-order valence-electron chi connectivity index (χ0n) is 32.2. The molecule has 7 nitrogen and oxygen atoms in total. The molecule has 6 aromatic carbocycles. The molecule has 0 fully saturated rings. The van der Waals surface area contributed by atoms with Crippen LogP contribution in [0.15, 0.2) is 145 Å². The lowest BCUT2D eigenvalue weighted by Crippen LogP contribution is -2.40. The average Bonchev–Trinajstić information content (AvgIpc) is 3.21. The van der Waals surface area contributed by atoms with E-state index in [1.807, 2.05) is 68.4 Å². The molecule has 0 bridgehead atoms. The van der Waals surface area contributed by atoms with Crippen molar-refractivity contribution in [3.8, 4) is 16.9 Å². The number of imide groups is 1. The van der Waals surface area contributed by atoms with E-state index in [0.717, 1.165) is 63.0 Å². The minimum atomic E-state index is -0.366. The third kappa shape index (κ3) is 7.32. The molecule has 1 heterocycles. The minimum Gasteiger partial charge on any atom is -0.427 e. The topological polar surface area (TPSA) is 84.0 Å². The van der Waals surface area contributed by atoms with Crippen molar-refractivity contribution in [2.75, 3.05) is 9.80 Å². The summed E-state index contributed by atoms with van der Waals surface area (Å²) in [4.78, 5) is 55.5. The van der Waals surface area contributed by atoms with Crippen LogP contribution in [0, 0.1) is 19.8 Å². The maximum absolute atomic E-state index is 14.1. The number of anilines is 3. The molecular weight excluding hydrogens is 709 g/mol. The number of amides is 2. The van der Waals surface area contributed by atoms with Crippen molar-refractivity contribution in [2.24, 2.45) is 5.92 Å². The predicted molar refractivity (Wildman–Crippen MR) is 226 cm³/mol. The van der Waals surface area contributed by atoms with Gasteiger partial charge in [0.05, 0.1) is 5.69 Å². The molecule has 0 saturated heterocycles. The highest BCUT2D eigenvalue weighted by Gasteiger charge is 2.34. The summed E-state index contributed by atoms with van der Waals surface area (Å²) >= 11 is 0. The van der Waals surface area contributed by atoms with E-state index >= 15 is 0 Å². The SMILES string of the molecule is Cc1cc(OC(=O)CCCc2ccc(N3C(=O)c4cccc5c(-c6ccc(N(C7=CC(C)CC=C7)c7ccccc7)cc6)ccc(c45)C3=O)cc2)cc(C)c1C=O. The van der Waals surface area contributed by atoms with E-state index in [2.05, 4.69) is 66.4 Å². The smallest absolute Gasteiger partial charge is 0.311 e. The lowest BCUT2D eigenvalue weighted by molar-refractivity contribution is -0.134. The molecule has 8 rings (SSSR count). The van der Waals surface area contributed by atoms with Gasteiger partial charge in [-0.05, 0) is 139 Å². The van der Waals surface area contributed by atoms with Gasteiger partial charge in [0.1, 0.15) is 5.75 Å². The van der Waals surface area contributed by atoms with Crippen molar-refractivity contribution >= 4 is 51.9 Å². The van der Waals surface area contributed by atoms with E-state index in [0.29, 0.717) is 52.3 Å². The van der Waals surface area contributed by atoms with E-state index in [4.69, 9.17) is 4.74 Å². The van der Waals surface area contributed by atoms with E-state index in [1.165, 1.54) is 4.90 Å². The number of carbonyl (C=O) groups is 4. The number of carbonyl (C=O) groups excluding carboxylic acids is 4. The molecule has 7 heteroatoms. The number of nitrogens with zero attached hydrogens (tertiary/aromatic N) is 2. The Morgan fingerprint density at radius 2 is 1.46 bits per heavy atom. The molecule has 2 aliphatic rings. The van der Waals surface area contributed by atoms with Gasteiger partial charge in [-0.25, -0.2) is 4.90 Å². The Kier molecular flexibility index (Phi) is 10.2. The molecule has 0 saturated carbocycles. The number of allylic oxidation sites excluding steroid dienone is 3. The van der Waals surface area contributed by atoms with Gasteiger partial charge >= 0.3 is 5.97 Å². The normalized spacial score (nSPS) is 14.8. The van der Waals surface area contributed by atoms with Gasteiger partial charge in [0.15, 0.2) is 6.29 Å². The van der Waals surface area contributed by atoms with Gasteiger partial charge < -0.3 is 9.64 Å². The van der Waals surface area contributed by atoms with Crippen molar-refractivity contribution < 1.29 is 23.9 Å². The Morgan fingerprint density at radius 1 is 0.789 bits per heavy atom. The van der Waals surface area contributed by atoms with Crippen LogP contribution in [0.25, 0.3) is 21.9 Å². The molecule has 282 valence electrons. The number of para-hydroxylation sites is 1. The molecule has 0 spiro atoms. The van der Waals surface area contributed by atoms with Crippen molar-refractivity contribution in [1.29, 1.82) is 0 Å². The van der Waals surface area contributed by atoms with Crippen LogP contribution in [0.1, 0.15) is 74.0 Å². The number of aldehydes is 1. The second-order valence-electron chi connectivity index (χ2n) is 14.8. The standard InChI is InChI=1S/C50H42N2O5/c1-32-10-7-14-40(28-32)51(37-12-5-4-6-13-37)38-24-20-36(21-25-38)42-26-27-45-48-43(42)15-9-16-44(48)49(55)52(50(45)56)39-22-18-35(19-23-39)11-8-17-47(54)57-41-29-33(2)46(31-53)34(3)30-41/h4-7,9,12-16,18-32H,8,10-11,17H2,1-3H3. The summed E-state index contributed by atoms with van der Waals surface area (Å²) in [5, 5.41) is 1.51. The van der Waals surface area contributed by atoms with Gasteiger partial charge in [-0.2, -0.15) is 0 Å². The van der Waals surface area contributed by atoms with Crippen LogP contribution in [-0.4, -0.2) is 24.1 Å². The van der Waals surface area contributed by atoms with Gasteiger partial charge in [-0.1, -0.05) is 79.7 Å².